The molecule has 0 atom stereocenters. The zero-order valence-corrected chi connectivity index (χ0v) is 9.51. The van der Waals surface area contributed by atoms with Gasteiger partial charge in [-0.2, -0.15) is 0 Å². The summed E-state index contributed by atoms with van der Waals surface area (Å²) < 4.78 is 0. The van der Waals surface area contributed by atoms with Crippen LogP contribution in [0.4, 0.5) is 5.69 Å². The molecular formula is C13H15N3. The molecule has 0 bridgehead atoms. The number of pyridine rings is 2. The van der Waals surface area contributed by atoms with Gasteiger partial charge in [-0.1, -0.05) is 13.8 Å². The lowest BCUT2D eigenvalue weighted by molar-refractivity contribution is 0.859. The first-order valence-corrected chi connectivity index (χ1v) is 5.32. The Hall–Kier alpha value is -1.90. The lowest BCUT2D eigenvalue weighted by Gasteiger charge is -2.07. The van der Waals surface area contributed by atoms with E-state index in [2.05, 4.69) is 29.9 Å². The predicted octanol–water partition coefficient (Wildman–Crippen LogP) is 2.85. The monoisotopic (exact) mass is 213 g/mol. The molecule has 0 aliphatic heterocycles. The van der Waals surface area contributed by atoms with Crippen molar-refractivity contribution in [3.63, 3.8) is 0 Å². The summed E-state index contributed by atoms with van der Waals surface area (Å²) in [5.74, 6) is 0.474. The fourth-order valence-corrected chi connectivity index (χ4v) is 1.55. The highest BCUT2D eigenvalue weighted by Gasteiger charge is 2.03. The third kappa shape index (κ3) is 2.19. The molecule has 3 heteroatoms. The average molecular weight is 213 g/mol. The number of hydrogen-bond donors (Lipinski definition) is 1. The maximum Gasteiger partial charge on any atom is 0.0506 e. The van der Waals surface area contributed by atoms with Gasteiger partial charge in [-0.25, -0.2) is 0 Å². The molecule has 0 spiro atoms. The van der Waals surface area contributed by atoms with Crippen LogP contribution in [0.25, 0.3) is 11.1 Å². The van der Waals surface area contributed by atoms with Gasteiger partial charge in [0.25, 0.3) is 0 Å². The van der Waals surface area contributed by atoms with Crippen molar-refractivity contribution >= 4 is 5.69 Å². The van der Waals surface area contributed by atoms with E-state index in [0.717, 1.165) is 11.1 Å². The summed E-state index contributed by atoms with van der Waals surface area (Å²) in [6.07, 6.45) is 7.18. The van der Waals surface area contributed by atoms with Crippen LogP contribution >= 0.6 is 0 Å². The van der Waals surface area contributed by atoms with Crippen LogP contribution in [-0.4, -0.2) is 9.97 Å². The van der Waals surface area contributed by atoms with E-state index in [4.69, 9.17) is 5.73 Å². The molecule has 2 aromatic rings. The predicted molar refractivity (Wildman–Crippen MR) is 66.0 cm³/mol. The van der Waals surface area contributed by atoms with Crippen molar-refractivity contribution in [2.24, 2.45) is 0 Å². The quantitative estimate of drug-likeness (QED) is 0.834. The second-order valence-electron chi connectivity index (χ2n) is 4.17. The number of nitrogens with two attached hydrogens (primary N) is 1. The van der Waals surface area contributed by atoms with Crippen molar-refractivity contribution < 1.29 is 0 Å². The molecule has 2 heterocycles. The Balaban J connectivity index is 2.44. The van der Waals surface area contributed by atoms with Crippen molar-refractivity contribution in [2.45, 2.75) is 19.8 Å². The summed E-state index contributed by atoms with van der Waals surface area (Å²) in [6.45, 7) is 4.30. The summed E-state index contributed by atoms with van der Waals surface area (Å²) in [5.41, 5.74) is 9.68. The van der Waals surface area contributed by atoms with Crippen LogP contribution in [0.2, 0.25) is 0 Å². The van der Waals surface area contributed by atoms with Crippen molar-refractivity contribution in [1.29, 1.82) is 0 Å². The van der Waals surface area contributed by atoms with Crippen molar-refractivity contribution in [3.8, 4) is 11.1 Å². The van der Waals surface area contributed by atoms with Gasteiger partial charge in [0.15, 0.2) is 0 Å². The SMILES string of the molecule is CC(C)c1cncc(-c2cncc(N)c2)c1. The number of hydrogen-bond acceptors (Lipinski definition) is 3. The zero-order chi connectivity index (χ0) is 11.5. The van der Waals surface area contributed by atoms with Gasteiger partial charge >= 0.3 is 0 Å². The highest BCUT2D eigenvalue weighted by atomic mass is 14.7. The van der Waals surface area contributed by atoms with Gasteiger partial charge in [0.05, 0.1) is 5.69 Å². The highest BCUT2D eigenvalue weighted by molar-refractivity contribution is 5.65. The largest absolute Gasteiger partial charge is 0.397 e. The van der Waals surface area contributed by atoms with E-state index in [1.54, 1.807) is 12.4 Å². The molecule has 82 valence electrons. The van der Waals surface area contributed by atoms with Crippen LogP contribution in [0.1, 0.15) is 25.3 Å². The topological polar surface area (TPSA) is 51.8 Å². The van der Waals surface area contributed by atoms with E-state index in [0.29, 0.717) is 11.6 Å². The molecule has 0 aromatic carbocycles. The first-order chi connectivity index (χ1) is 7.66. The minimum absolute atomic E-state index is 0.474. The van der Waals surface area contributed by atoms with E-state index >= 15 is 0 Å². The zero-order valence-electron chi connectivity index (χ0n) is 9.51. The lowest BCUT2D eigenvalue weighted by Crippen LogP contribution is -1.92. The Morgan fingerprint density at radius 1 is 0.938 bits per heavy atom. The van der Waals surface area contributed by atoms with Gasteiger partial charge in [0, 0.05) is 35.9 Å². The van der Waals surface area contributed by atoms with Gasteiger partial charge in [0.1, 0.15) is 0 Å². The summed E-state index contributed by atoms with van der Waals surface area (Å²) in [7, 11) is 0. The van der Waals surface area contributed by atoms with Crippen LogP contribution in [0.5, 0.6) is 0 Å². The second-order valence-corrected chi connectivity index (χ2v) is 4.17. The molecular weight excluding hydrogens is 198 g/mol. The van der Waals surface area contributed by atoms with E-state index in [-0.39, 0.29) is 0 Å². The maximum atomic E-state index is 5.71. The number of anilines is 1. The van der Waals surface area contributed by atoms with Gasteiger partial charge < -0.3 is 5.73 Å². The van der Waals surface area contributed by atoms with Crippen LogP contribution in [0.15, 0.2) is 36.9 Å². The average Bonchev–Trinajstić information content (AvgIpc) is 2.29. The van der Waals surface area contributed by atoms with E-state index < -0.39 is 0 Å². The molecule has 3 nitrogen and oxygen atoms in total. The van der Waals surface area contributed by atoms with E-state index in [9.17, 15) is 0 Å². The van der Waals surface area contributed by atoms with Crippen LogP contribution in [-0.2, 0) is 0 Å². The summed E-state index contributed by atoms with van der Waals surface area (Å²) in [4.78, 5) is 8.33. The van der Waals surface area contributed by atoms with Crippen molar-refractivity contribution in [3.05, 3.63) is 42.5 Å². The molecule has 0 saturated heterocycles. The molecule has 0 aliphatic rings. The maximum absolute atomic E-state index is 5.71. The fourth-order valence-electron chi connectivity index (χ4n) is 1.55. The minimum Gasteiger partial charge on any atom is -0.397 e. The fraction of sp³-hybridized carbons (Fsp3) is 0.231. The van der Waals surface area contributed by atoms with Gasteiger partial charge in [-0.3, -0.25) is 9.97 Å². The molecule has 16 heavy (non-hydrogen) atoms. The molecule has 2 rings (SSSR count). The first kappa shape index (κ1) is 10.6. The van der Waals surface area contributed by atoms with Crippen LogP contribution in [0.3, 0.4) is 0 Å². The Labute approximate surface area is 95.4 Å². The van der Waals surface area contributed by atoms with Gasteiger partial charge in [-0.05, 0) is 23.6 Å². The van der Waals surface area contributed by atoms with Crippen LogP contribution in [0, 0.1) is 0 Å². The van der Waals surface area contributed by atoms with Crippen LogP contribution < -0.4 is 5.73 Å². The number of nitrogens with zero attached hydrogens (tertiary/aromatic N) is 2. The highest BCUT2D eigenvalue weighted by Crippen LogP contribution is 2.23. The van der Waals surface area contributed by atoms with Gasteiger partial charge in [0.2, 0.25) is 0 Å². The molecule has 0 radical (unpaired) electrons. The molecule has 0 fully saturated rings. The van der Waals surface area contributed by atoms with E-state index in [1.165, 1.54) is 5.56 Å². The number of aromatic nitrogens is 2. The number of rotatable bonds is 2. The van der Waals surface area contributed by atoms with Crippen molar-refractivity contribution in [1.82, 2.24) is 9.97 Å². The Morgan fingerprint density at radius 3 is 2.19 bits per heavy atom. The second kappa shape index (κ2) is 4.31. The molecule has 0 saturated carbocycles. The third-order valence-electron chi connectivity index (χ3n) is 2.52. The normalized spacial score (nSPS) is 10.7. The minimum atomic E-state index is 0.474. The summed E-state index contributed by atoms with van der Waals surface area (Å²) >= 11 is 0. The van der Waals surface area contributed by atoms with E-state index in [1.807, 2.05) is 18.5 Å². The Kier molecular flexibility index (Phi) is 2.86. The molecule has 2 N–H and O–H groups in total. The Bertz CT molecular complexity index is 492. The summed E-state index contributed by atoms with van der Waals surface area (Å²) in [5, 5.41) is 0. The lowest BCUT2D eigenvalue weighted by atomic mass is 10.0. The standard InChI is InChI=1S/C13H15N3/c1-9(2)10-3-11(6-15-5-10)12-4-13(14)8-16-7-12/h3-9H,14H2,1-2H3. The molecule has 0 aliphatic carbocycles. The number of nitrogen functional groups attached to an aromatic ring is 1. The first-order valence-electron chi connectivity index (χ1n) is 5.32. The smallest absolute Gasteiger partial charge is 0.0506 e. The van der Waals surface area contributed by atoms with Gasteiger partial charge in [-0.15, -0.1) is 0 Å². The third-order valence-corrected chi connectivity index (χ3v) is 2.52. The summed E-state index contributed by atoms with van der Waals surface area (Å²) in [6, 6.07) is 4.04. The van der Waals surface area contributed by atoms with Crippen molar-refractivity contribution in [2.75, 3.05) is 5.73 Å². The Morgan fingerprint density at radius 2 is 1.56 bits per heavy atom. The molecule has 0 amide bonds. The molecule has 2 aromatic heterocycles. The molecule has 0 unspecified atom stereocenters.